The molecule has 5 heteroatoms. The molecule has 2 heterocycles. The Hall–Kier alpha value is -1.78. The lowest BCUT2D eigenvalue weighted by Gasteiger charge is -2.32. The van der Waals surface area contributed by atoms with E-state index in [4.69, 9.17) is 9.47 Å². The number of ether oxygens (including phenoxy) is 2. The van der Waals surface area contributed by atoms with Gasteiger partial charge in [-0.05, 0) is 65.7 Å². The second-order valence-electron chi connectivity index (χ2n) is 9.18. The maximum absolute atomic E-state index is 12.0. The van der Waals surface area contributed by atoms with E-state index in [0.29, 0.717) is 5.92 Å². The first-order chi connectivity index (χ1) is 12.1. The van der Waals surface area contributed by atoms with Crippen LogP contribution in [0.4, 0.5) is 4.79 Å². The van der Waals surface area contributed by atoms with Crippen molar-refractivity contribution in [2.24, 2.45) is 11.3 Å². The van der Waals surface area contributed by atoms with E-state index < -0.39 is 5.60 Å². The van der Waals surface area contributed by atoms with Gasteiger partial charge in [0.05, 0.1) is 24.1 Å². The van der Waals surface area contributed by atoms with E-state index in [-0.39, 0.29) is 29.1 Å². The molecule has 26 heavy (non-hydrogen) atoms. The van der Waals surface area contributed by atoms with Crippen LogP contribution in [0.1, 0.15) is 59.8 Å². The van der Waals surface area contributed by atoms with E-state index >= 15 is 0 Å². The van der Waals surface area contributed by atoms with Crippen molar-refractivity contribution in [1.29, 1.82) is 0 Å². The van der Waals surface area contributed by atoms with E-state index in [1.165, 1.54) is 7.11 Å². The van der Waals surface area contributed by atoms with Gasteiger partial charge in [-0.1, -0.05) is 24.3 Å². The number of methoxy groups -OCH3 is 1. The minimum Gasteiger partial charge on any atom is -0.468 e. The van der Waals surface area contributed by atoms with Gasteiger partial charge in [0.15, 0.2) is 0 Å². The molecule has 4 rings (SSSR count). The molecule has 1 amide bonds. The summed E-state index contributed by atoms with van der Waals surface area (Å²) in [7, 11) is 1.47. The summed E-state index contributed by atoms with van der Waals surface area (Å²) < 4.78 is 10.2. The minimum atomic E-state index is -0.407. The van der Waals surface area contributed by atoms with Crippen LogP contribution in [-0.4, -0.2) is 41.3 Å². The number of hydrogen-bond donors (Lipinski definition) is 0. The predicted molar refractivity (Wildman–Crippen MR) is 99.6 cm³/mol. The second kappa shape index (κ2) is 6.43. The predicted octanol–water partition coefficient (Wildman–Crippen LogP) is 4.23. The highest BCUT2D eigenvalue weighted by atomic mass is 16.6. The van der Waals surface area contributed by atoms with Gasteiger partial charge >= 0.3 is 12.1 Å². The van der Waals surface area contributed by atoms with Crippen molar-refractivity contribution in [2.75, 3.05) is 7.11 Å². The third-order valence-corrected chi connectivity index (χ3v) is 5.96. The number of nitrogens with zero attached hydrogens (tertiary/aromatic N) is 1. The Bertz CT molecular complexity index is 647. The zero-order valence-electron chi connectivity index (χ0n) is 16.6. The molecule has 1 saturated heterocycles. The maximum atomic E-state index is 12.0. The van der Waals surface area contributed by atoms with Gasteiger partial charge in [0.2, 0.25) is 0 Å². The molecule has 2 aliphatic heterocycles. The highest BCUT2D eigenvalue weighted by Crippen LogP contribution is 2.49. The summed E-state index contributed by atoms with van der Waals surface area (Å²) in [6.07, 6.45) is 13.5. The Morgan fingerprint density at radius 1 is 1.12 bits per heavy atom. The molecule has 1 saturated carbocycles. The van der Waals surface area contributed by atoms with Gasteiger partial charge in [0.1, 0.15) is 5.60 Å². The normalized spacial score (nSPS) is 36.1. The number of esters is 1. The molecule has 0 aromatic rings. The summed E-state index contributed by atoms with van der Waals surface area (Å²) in [5.41, 5.74) is -0.734. The Morgan fingerprint density at radius 3 is 2.19 bits per heavy atom. The number of carbonyl (C=O) groups is 2. The van der Waals surface area contributed by atoms with Crippen LogP contribution in [0.25, 0.3) is 0 Å². The average molecular weight is 361 g/mol. The molecule has 0 aromatic heterocycles. The number of amides is 1. The number of allylic oxidation sites excluding steroid dienone is 1. The van der Waals surface area contributed by atoms with Gasteiger partial charge in [-0.2, -0.15) is 0 Å². The molecule has 0 N–H and O–H groups in total. The van der Waals surface area contributed by atoms with Gasteiger partial charge < -0.3 is 9.47 Å². The van der Waals surface area contributed by atoms with Crippen molar-refractivity contribution in [3.05, 3.63) is 24.3 Å². The molecule has 0 spiro atoms. The van der Waals surface area contributed by atoms with Gasteiger partial charge in [0.25, 0.3) is 0 Å². The third kappa shape index (κ3) is 3.40. The van der Waals surface area contributed by atoms with Crippen LogP contribution in [0.15, 0.2) is 24.3 Å². The van der Waals surface area contributed by atoms with Crippen LogP contribution < -0.4 is 0 Å². The topological polar surface area (TPSA) is 55.8 Å². The lowest BCUT2D eigenvalue weighted by molar-refractivity contribution is -0.149. The molecule has 4 unspecified atom stereocenters. The van der Waals surface area contributed by atoms with Gasteiger partial charge in [0, 0.05) is 0 Å². The summed E-state index contributed by atoms with van der Waals surface area (Å²) in [5, 5.41) is 0. The monoisotopic (exact) mass is 361 g/mol. The van der Waals surface area contributed by atoms with E-state index in [1.54, 1.807) is 0 Å². The molecule has 5 nitrogen and oxygen atoms in total. The first-order valence-corrected chi connectivity index (χ1v) is 9.58. The Balaban J connectivity index is 0.000000158. The van der Waals surface area contributed by atoms with Gasteiger partial charge in [-0.3, -0.25) is 9.69 Å². The number of fused-ring (bicyclic) bond motifs is 4. The van der Waals surface area contributed by atoms with Crippen LogP contribution >= 0.6 is 0 Å². The number of hydrogen-bond acceptors (Lipinski definition) is 4. The summed E-state index contributed by atoms with van der Waals surface area (Å²) in [6.45, 7) is 7.80. The molecule has 144 valence electrons. The second-order valence-corrected chi connectivity index (χ2v) is 9.18. The van der Waals surface area contributed by atoms with Crippen molar-refractivity contribution >= 4 is 12.1 Å². The standard InChI is InChI=1S/C12H19NO2.C9H12O2/c1-11(2,3)15-10(14)13-9-5-7-12(13,4)8-6-9;1-11-8(10)9-4-2-7(6-9)3-5-9/h5,7,9H,6,8H2,1-4H3;2,4,7H,3,5-6H2,1H3. The van der Waals surface area contributed by atoms with Crippen LogP contribution in [0, 0.1) is 11.3 Å². The van der Waals surface area contributed by atoms with Crippen molar-refractivity contribution in [3.63, 3.8) is 0 Å². The Kier molecular flexibility index (Phi) is 4.70. The molecule has 0 aromatic carbocycles. The maximum Gasteiger partial charge on any atom is 0.411 e. The summed E-state index contributed by atoms with van der Waals surface area (Å²) in [6, 6.07) is 0.254. The van der Waals surface area contributed by atoms with Crippen LogP contribution in [0.2, 0.25) is 0 Å². The molecule has 4 aliphatic rings. The van der Waals surface area contributed by atoms with E-state index in [9.17, 15) is 9.59 Å². The molecule has 4 bridgehead atoms. The summed E-state index contributed by atoms with van der Waals surface area (Å²) in [5.74, 6) is 0.600. The Labute approximate surface area is 156 Å². The van der Waals surface area contributed by atoms with Crippen LogP contribution in [-0.2, 0) is 14.3 Å². The zero-order valence-corrected chi connectivity index (χ0v) is 16.6. The fourth-order valence-corrected chi connectivity index (χ4v) is 4.60. The molecule has 2 fully saturated rings. The lowest BCUT2D eigenvalue weighted by atomic mass is 9.88. The van der Waals surface area contributed by atoms with Crippen molar-refractivity contribution in [3.8, 4) is 0 Å². The van der Waals surface area contributed by atoms with Crippen molar-refractivity contribution in [1.82, 2.24) is 4.90 Å². The van der Waals surface area contributed by atoms with Crippen LogP contribution in [0.5, 0.6) is 0 Å². The molecule has 2 aliphatic carbocycles. The van der Waals surface area contributed by atoms with Gasteiger partial charge in [-0.25, -0.2) is 4.79 Å². The van der Waals surface area contributed by atoms with Crippen molar-refractivity contribution in [2.45, 2.75) is 77.0 Å². The molecular weight excluding hydrogens is 330 g/mol. The Morgan fingerprint density at radius 2 is 1.85 bits per heavy atom. The minimum absolute atomic E-state index is 0.0475. The summed E-state index contributed by atoms with van der Waals surface area (Å²) >= 11 is 0. The number of carbonyl (C=O) groups excluding carboxylic acids is 2. The molecular formula is C21H31NO4. The number of rotatable bonds is 1. The fraction of sp³-hybridized carbons (Fsp3) is 0.714. The first kappa shape index (κ1) is 19.0. The van der Waals surface area contributed by atoms with Gasteiger partial charge in [-0.15, -0.1) is 0 Å². The molecule has 4 atom stereocenters. The van der Waals surface area contributed by atoms with E-state index in [1.807, 2.05) is 31.7 Å². The van der Waals surface area contributed by atoms with E-state index in [0.717, 1.165) is 32.1 Å². The fourth-order valence-electron chi connectivity index (χ4n) is 4.60. The zero-order chi connectivity index (χ0) is 19.2. The highest BCUT2D eigenvalue weighted by molar-refractivity contribution is 5.80. The van der Waals surface area contributed by atoms with Crippen LogP contribution in [0.3, 0.4) is 0 Å². The molecule has 0 radical (unpaired) electrons. The average Bonchev–Trinajstić information content (AvgIpc) is 3.30. The summed E-state index contributed by atoms with van der Waals surface area (Å²) in [4.78, 5) is 25.2. The third-order valence-electron chi connectivity index (χ3n) is 5.96. The highest BCUT2D eigenvalue weighted by Gasteiger charge is 2.49. The lowest BCUT2D eigenvalue weighted by Crippen LogP contribution is -2.46. The largest absolute Gasteiger partial charge is 0.468 e. The first-order valence-electron chi connectivity index (χ1n) is 9.58. The smallest absolute Gasteiger partial charge is 0.411 e. The van der Waals surface area contributed by atoms with E-state index in [2.05, 4.69) is 25.2 Å². The van der Waals surface area contributed by atoms with Crippen molar-refractivity contribution < 1.29 is 19.1 Å². The SMILES string of the molecule is CC(C)(C)OC(=O)N1C2C=CC1(C)CC2.COC(=O)C12C=CC(CC1)C2. The quantitative estimate of drug-likeness (QED) is 0.518.